The zero-order valence-electron chi connectivity index (χ0n) is 13.2. The second-order valence-electron chi connectivity index (χ2n) is 5.93. The highest BCUT2D eigenvalue weighted by Crippen LogP contribution is 2.35. The normalized spacial score (nSPS) is 17.1. The van der Waals surface area contributed by atoms with Gasteiger partial charge in [0.15, 0.2) is 0 Å². The first kappa shape index (κ1) is 17.7. The zero-order chi connectivity index (χ0) is 17.3. The minimum Gasteiger partial charge on any atom is -0.261 e. The third-order valence-electron chi connectivity index (χ3n) is 4.41. The average Bonchev–Trinajstić information content (AvgIpc) is 2.55. The van der Waals surface area contributed by atoms with E-state index in [1.807, 2.05) is 19.1 Å². The lowest BCUT2D eigenvalue weighted by atomic mass is 9.92. The lowest BCUT2D eigenvalue weighted by Crippen LogP contribution is -2.38. The van der Waals surface area contributed by atoms with Gasteiger partial charge >= 0.3 is 0 Å². The minimum absolute atomic E-state index is 0.000741. The van der Waals surface area contributed by atoms with Crippen LogP contribution in [0.2, 0.25) is 10.0 Å². The van der Waals surface area contributed by atoms with Crippen LogP contribution < -0.4 is 0 Å². The number of pyridine rings is 1. The second kappa shape index (κ2) is 7.00. The number of hydrogen-bond donors (Lipinski definition) is 0. The predicted octanol–water partition coefficient (Wildman–Crippen LogP) is 4.27. The van der Waals surface area contributed by atoms with Gasteiger partial charge in [-0.2, -0.15) is 4.31 Å². The van der Waals surface area contributed by atoms with E-state index in [-0.39, 0.29) is 20.9 Å². The third-order valence-corrected chi connectivity index (χ3v) is 7.26. The van der Waals surface area contributed by atoms with Crippen LogP contribution in [-0.4, -0.2) is 30.8 Å². The van der Waals surface area contributed by atoms with Crippen molar-refractivity contribution in [3.63, 3.8) is 0 Å². The fourth-order valence-corrected chi connectivity index (χ4v) is 5.71. The predicted molar refractivity (Wildman–Crippen MR) is 96.2 cm³/mol. The molecule has 3 rings (SSSR count). The summed E-state index contributed by atoms with van der Waals surface area (Å²) in [6.45, 7) is 2.91. The van der Waals surface area contributed by atoms with E-state index in [4.69, 9.17) is 23.2 Å². The molecule has 0 spiro atoms. The summed E-state index contributed by atoms with van der Waals surface area (Å²) in [6.07, 6.45) is 3.26. The van der Waals surface area contributed by atoms with E-state index in [1.54, 1.807) is 24.4 Å². The standard InChI is InChI=1S/C17H18Cl2N2O2S/c1-12-4-3-9-20-16(12)13-7-10-21(11-8-13)24(22,23)17-14(18)5-2-6-15(17)19/h2-6,9,13H,7-8,10-11H2,1H3. The highest BCUT2D eigenvalue weighted by atomic mass is 35.5. The van der Waals surface area contributed by atoms with Crippen LogP contribution in [0.1, 0.15) is 30.0 Å². The molecule has 0 bridgehead atoms. The molecule has 1 aliphatic heterocycles. The van der Waals surface area contributed by atoms with Gasteiger partial charge in [-0.05, 0) is 43.5 Å². The van der Waals surface area contributed by atoms with Gasteiger partial charge in [-0.3, -0.25) is 4.98 Å². The van der Waals surface area contributed by atoms with Crippen molar-refractivity contribution in [1.82, 2.24) is 9.29 Å². The van der Waals surface area contributed by atoms with Gasteiger partial charge < -0.3 is 0 Å². The molecule has 1 aromatic carbocycles. The molecule has 1 aliphatic rings. The monoisotopic (exact) mass is 384 g/mol. The Morgan fingerprint density at radius 1 is 1.08 bits per heavy atom. The maximum absolute atomic E-state index is 12.9. The Bertz CT molecular complexity index is 827. The van der Waals surface area contributed by atoms with Crippen molar-refractivity contribution < 1.29 is 8.42 Å². The third kappa shape index (κ3) is 3.31. The number of piperidine rings is 1. The van der Waals surface area contributed by atoms with Crippen LogP contribution in [-0.2, 0) is 10.0 Å². The summed E-state index contributed by atoms with van der Waals surface area (Å²) in [5.41, 5.74) is 2.21. The number of hydrogen-bond acceptors (Lipinski definition) is 3. The largest absolute Gasteiger partial charge is 0.261 e. The number of aromatic nitrogens is 1. The lowest BCUT2D eigenvalue weighted by molar-refractivity contribution is 0.316. The second-order valence-corrected chi connectivity index (χ2v) is 8.62. The first-order chi connectivity index (χ1) is 11.4. The van der Waals surface area contributed by atoms with Crippen LogP contribution in [0.5, 0.6) is 0 Å². The Morgan fingerprint density at radius 2 is 1.71 bits per heavy atom. The maximum atomic E-state index is 12.9. The molecule has 4 nitrogen and oxygen atoms in total. The maximum Gasteiger partial charge on any atom is 0.246 e. The Morgan fingerprint density at radius 3 is 2.29 bits per heavy atom. The molecule has 128 valence electrons. The molecule has 0 atom stereocenters. The first-order valence-corrected chi connectivity index (χ1v) is 9.96. The van der Waals surface area contributed by atoms with Gasteiger partial charge in [0, 0.05) is 30.9 Å². The van der Waals surface area contributed by atoms with Crippen molar-refractivity contribution >= 4 is 33.2 Å². The Kier molecular flexibility index (Phi) is 5.16. The molecule has 0 amide bonds. The van der Waals surface area contributed by atoms with Crippen molar-refractivity contribution in [2.45, 2.75) is 30.6 Å². The van der Waals surface area contributed by atoms with E-state index in [0.717, 1.165) is 24.1 Å². The Hall–Kier alpha value is -1.14. The highest BCUT2D eigenvalue weighted by molar-refractivity contribution is 7.89. The van der Waals surface area contributed by atoms with Crippen LogP contribution in [0.3, 0.4) is 0 Å². The molecular weight excluding hydrogens is 367 g/mol. The summed E-state index contributed by atoms with van der Waals surface area (Å²) >= 11 is 12.2. The van der Waals surface area contributed by atoms with Crippen molar-refractivity contribution in [3.8, 4) is 0 Å². The number of nitrogens with zero attached hydrogens (tertiary/aromatic N) is 2. The molecule has 1 fully saturated rings. The number of aryl methyl sites for hydroxylation is 1. The molecule has 24 heavy (non-hydrogen) atoms. The number of halogens is 2. The zero-order valence-corrected chi connectivity index (χ0v) is 15.6. The summed E-state index contributed by atoms with van der Waals surface area (Å²) in [5, 5.41) is 0.315. The van der Waals surface area contributed by atoms with E-state index in [2.05, 4.69) is 4.98 Å². The van der Waals surface area contributed by atoms with Crippen molar-refractivity contribution in [3.05, 3.63) is 57.8 Å². The number of sulfonamides is 1. The van der Waals surface area contributed by atoms with E-state index < -0.39 is 10.0 Å². The van der Waals surface area contributed by atoms with Crippen LogP contribution in [0.15, 0.2) is 41.4 Å². The Balaban J connectivity index is 1.81. The smallest absolute Gasteiger partial charge is 0.246 e. The van der Waals surface area contributed by atoms with E-state index in [0.29, 0.717) is 13.1 Å². The lowest BCUT2D eigenvalue weighted by Gasteiger charge is -2.31. The van der Waals surface area contributed by atoms with Crippen molar-refractivity contribution in [2.75, 3.05) is 13.1 Å². The molecule has 7 heteroatoms. The summed E-state index contributed by atoms with van der Waals surface area (Å²) in [5.74, 6) is 0.277. The molecule has 2 heterocycles. The van der Waals surface area contributed by atoms with E-state index >= 15 is 0 Å². The van der Waals surface area contributed by atoms with E-state index in [9.17, 15) is 8.42 Å². The molecule has 0 N–H and O–H groups in total. The van der Waals surface area contributed by atoms with Gasteiger partial charge in [0.2, 0.25) is 10.0 Å². The molecular formula is C17H18Cl2N2O2S. The highest BCUT2D eigenvalue weighted by Gasteiger charge is 2.33. The van der Waals surface area contributed by atoms with Crippen LogP contribution in [0.25, 0.3) is 0 Å². The fourth-order valence-electron chi connectivity index (χ4n) is 3.15. The molecule has 1 aromatic heterocycles. The summed E-state index contributed by atoms with van der Waals surface area (Å²) in [6, 6.07) is 8.68. The SMILES string of the molecule is Cc1cccnc1C1CCN(S(=O)(=O)c2c(Cl)cccc2Cl)CC1. The quantitative estimate of drug-likeness (QED) is 0.793. The molecule has 1 saturated heterocycles. The minimum atomic E-state index is -3.69. The van der Waals surface area contributed by atoms with Crippen LogP contribution in [0, 0.1) is 6.92 Å². The molecule has 0 saturated carbocycles. The van der Waals surface area contributed by atoms with Gasteiger partial charge in [-0.25, -0.2) is 8.42 Å². The van der Waals surface area contributed by atoms with Gasteiger partial charge in [0.05, 0.1) is 10.0 Å². The number of benzene rings is 1. The summed E-state index contributed by atoms with van der Waals surface area (Å²) in [4.78, 5) is 4.47. The average molecular weight is 385 g/mol. The van der Waals surface area contributed by atoms with Gasteiger partial charge in [0.1, 0.15) is 4.90 Å². The van der Waals surface area contributed by atoms with Gasteiger partial charge in [-0.1, -0.05) is 35.3 Å². The fraction of sp³-hybridized carbons (Fsp3) is 0.353. The summed E-state index contributed by atoms with van der Waals surface area (Å²) < 4.78 is 27.2. The van der Waals surface area contributed by atoms with Crippen LogP contribution in [0.4, 0.5) is 0 Å². The van der Waals surface area contributed by atoms with Gasteiger partial charge in [-0.15, -0.1) is 0 Å². The van der Waals surface area contributed by atoms with Gasteiger partial charge in [0.25, 0.3) is 0 Å². The number of rotatable bonds is 3. The Labute approximate surface area is 152 Å². The molecule has 0 unspecified atom stereocenters. The molecule has 0 radical (unpaired) electrons. The molecule has 0 aliphatic carbocycles. The molecule has 2 aromatic rings. The topological polar surface area (TPSA) is 50.3 Å². The first-order valence-electron chi connectivity index (χ1n) is 7.77. The van der Waals surface area contributed by atoms with Crippen molar-refractivity contribution in [1.29, 1.82) is 0 Å². The summed E-state index contributed by atoms with van der Waals surface area (Å²) in [7, 11) is -3.69. The van der Waals surface area contributed by atoms with Crippen LogP contribution >= 0.6 is 23.2 Å². The van der Waals surface area contributed by atoms with Crippen molar-refractivity contribution in [2.24, 2.45) is 0 Å². The van der Waals surface area contributed by atoms with E-state index in [1.165, 1.54) is 4.31 Å².